The van der Waals surface area contributed by atoms with Crippen LogP contribution >= 0.6 is 23.2 Å². The van der Waals surface area contributed by atoms with Crippen LogP contribution in [0.5, 0.6) is 5.75 Å². The number of nitrogens with one attached hydrogen (secondary N) is 3. The number of anilines is 6. The van der Waals surface area contributed by atoms with Gasteiger partial charge in [-0.1, -0.05) is 23.2 Å². The first-order valence-corrected chi connectivity index (χ1v) is 17.2. The summed E-state index contributed by atoms with van der Waals surface area (Å²) < 4.78 is 31.6. The number of rotatable bonds is 10. The van der Waals surface area contributed by atoms with Crippen LogP contribution in [-0.2, 0) is 10.0 Å². The molecule has 3 N–H and O–H groups in total. The number of nitrogens with zero attached hydrogens (tertiary/aromatic N) is 5. The van der Waals surface area contributed by atoms with Crippen LogP contribution < -0.4 is 25.0 Å². The van der Waals surface area contributed by atoms with Gasteiger partial charge < -0.3 is 25.2 Å². The van der Waals surface area contributed by atoms with Crippen molar-refractivity contribution in [1.82, 2.24) is 19.8 Å². The van der Waals surface area contributed by atoms with Gasteiger partial charge in [-0.15, -0.1) is 0 Å². The minimum atomic E-state index is -3.53. The van der Waals surface area contributed by atoms with Gasteiger partial charge in [0.25, 0.3) is 0 Å². The fourth-order valence-corrected chi connectivity index (χ4v) is 6.83. The average Bonchev–Trinajstić information content (AvgIpc) is 3.48. The third-order valence-electron chi connectivity index (χ3n) is 8.30. The number of hydrogen-bond acceptors (Lipinski definition) is 10. The Kier molecular flexibility index (Phi) is 9.96. The number of piperidine rings is 1. The molecule has 0 spiro atoms. The van der Waals surface area contributed by atoms with Crippen molar-refractivity contribution in [1.29, 1.82) is 0 Å². The van der Waals surface area contributed by atoms with Gasteiger partial charge in [-0.2, -0.15) is 4.98 Å². The highest BCUT2D eigenvalue weighted by molar-refractivity contribution is 7.92. The van der Waals surface area contributed by atoms with Crippen molar-refractivity contribution in [3.63, 3.8) is 0 Å². The van der Waals surface area contributed by atoms with Crippen molar-refractivity contribution in [2.45, 2.75) is 38.3 Å². The Morgan fingerprint density at radius 2 is 1.73 bits per heavy atom. The summed E-state index contributed by atoms with van der Waals surface area (Å²) in [6.07, 6.45) is 6.06. The van der Waals surface area contributed by atoms with E-state index in [2.05, 4.69) is 61.0 Å². The molecule has 2 aliphatic heterocycles. The molecule has 0 saturated carbocycles. The summed E-state index contributed by atoms with van der Waals surface area (Å²) >= 11 is 13.2. The van der Waals surface area contributed by atoms with Gasteiger partial charge in [0.1, 0.15) is 10.8 Å². The third kappa shape index (κ3) is 7.78. The van der Waals surface area contributed by atoms with E-state index >= 15 is 0 Å². The van der Waals surface area contributed by atoms with Crippen molar-refractivity contribution in [2.24, 2.45) is 0 Å². The molecule has 0 aliphatic carbocycles. The summed E-state index contributed by atoms with van der Waals surface area (Å²) in [5.41, 5.74) is 3.63. The molecule has 3 heterocycles. The summed E-state index contributed by atoms with van der Waals surface area (Å²) in [7, 11) is 2.34. The molecular formula is C30H40Cl2N8O3S. The molecule has 1 unspecified atom stereocenters. The maximum absolute atomic E-state index is 11.9. The molecule has 0 amide bonds. The standard InChI is InChI=1S/C30H40Cl2N8O3S/c1-19-14-26(23(31)16-28(19)39-11-8-20(9-12-39)40-13-10-21(18-40)38(2)3)35-30-33-17-24(32)29(36-30)34-27-15-22(43-4)6-7-25(27)37-44(5,41)42/h6-7,14-17,20-21,37H,8-13,18H2,1-5H3,(H2,33,34,35,36). The fourth-order valence-electron chi connectivity index (χ4n) is 5.91. The summed E-state index contributed by atoms with van der Waals surface area (Å²) in [5, 5.41) is 7.11. The Morgan fingerprint density at radius 3 is 2.39 bits per heavy atom. The molecule has 2 fully saturated rings. The molecular weight excluding hydrogens is 623 g/mol. The average molecular weight is 664 g/mol. The second-order valence-electron chi connectivity index (χ2n) is 11.7. The van der Waals surface area contributed by atoms with Crippen LogP contribution in [-0.4, -0.2) is 93.9 Å². The van der Waals surface area contributed by atoms with E-state index < -0.39 is 10.0 Å². The smallest absolute Gasteiger partial charge is 0.229 e. The van der Waals surface area contributed by atoms with Gasteiger partial charge in [0.05, 0.1) is 41.6 Å². The second-order valence-corrected chi connectivity index (χ2v) is 14.2. The van der Waals surface area contributed by atoms with Gasteiger partial charge in [-0.3, -0.25) is 9.62 Å². The predicted molar refractivity (Wildman–Crippen MR) is 180 cm³/mol. The highest BCUT2D eigenvalue weighted by Gasteiger charge is 2.32. The number of hydrogen-bond donors (Lipinski definition) is 3. The molecule has 44 heavy (non-hydrogen) atoms. The van der Waals surface area contributed by atoms with Crippen molar-refractivity contribution in [3.05, 3.63) is 52.1 Å². The van der Waals surface area contributed by atoms with Crippen molar-refractivity contribution in [2.75, 3.05) is 73.9 Å². The number of methoxy groups -OCH3 is 1. The van der Waals surface area contributed by atoms with E-state index in [1.807, 2.05) is 12.1 Å². The zero-order valence-corrected chi connectivity index (χ0v) is 28.0. The quantitative estimate of drug-likeness (QED) is 0.255. The first kappa shape index (κ1) is 32.4. The van der Waals surface area contributed by atoms with Gasteiger partial charge in [0.2, 0.25) is 16.0 Å². The second kappa shape index (κ2) is 13.5. The molecule has 0 radical (unpaired) electrons. The van der Waals surface area contributed by atoms with E-state index in [0.29, 0.717) is 39.9 Å². The topological polar surface area (TPSA) is 115 Å². The van der Waals surface area contributed by atoms with E-state index in [1.165, 1.54) is 26.3 Å². The van der Waals surface area contributed by atoms with E-state index in [9.17, 15) is 8.42 Å². The molecule has 2 aromatic carbocycles. The monoisotopic (exact) mass is 662 g/mol. The first-order valence-electron chi connectivity index (χ1n) is 14.6. The number of halogens is 2. The Hall–Kier alpha value is -3.03. The normalized spacial score (nSPS) is 18.1. The van der Waals surface area contributed by atoms with Crippen LogP contribution in [0.2, 0.25) is 10.0 Å². The Balaban J connectivity index is 1.28. The van der Waals surface area contributed by atoms with Gasteiger partial charge in [-0.05, 0) is 70.1 Å². The minimum Gasteiger partial charge on any atom is -0.497 e. The van der Waals surface area contributed by atoms with Crippen LogP contribution in [0.3, 0.4) is 0 Å². The zero-order chi connectivity index (χ0) is 31.6. The number of likely N-dealkylation sites (N-methyl/N-ethyl adjacent to an activating group) is 1. The van der Waals surface area contributed by atoms with E-state index in [1.54, 1.807) is 18.2 Å². The highest BCUT2D eigenvalue weighted by atomic mass is 35.5. The van der Waals surface area contributed by atoms with Gasteiger partial charge in [0.15, 0.2) is 5.82 Å². The van der Waals surface area contributed by atoms with Crippen LogP contribution in [0.1, 0.15) is 24.8 Å². The number of aromatic nitrogens is 2. The largest absolute Gasteiger partial charge is 0.497 e. The van der Waals surface area contributed by atoms with Gasteiger partial charge in [-0.25, -0.2) is 13.4 Å². The molecule has 14 heteroatoms. The minimum absolute atomic E-state index is 0.246. The van der Waals surface area contributed by atoms with Crippen LogP contribution in [0.4, 0.5) is 34.5 Å². The predicted octanol–water partition coefficient (Wildman–Crippen LogP) is 5.56. The molecule has 3 aromatic rings. The van der Waals surface area contributed by atoms with Crippen LogP contribution in [0.25, 0.3) is 0 Å². The van der Waals surface area contributed by atoms with Gasteiger partial charge in [0, 0.05) is 50.0 Å². The first-order chi connectivity index (χ1) is 20.9. The molecule has 2 saturated heterocycles. The van der Waals surface area contributed by atoms with Crippen molar-refractivity contribution < 1.29 is 13.2 Å². The van der Waals surface area contributed by atoms with Crippen molar-refractivity contribution >= 4 is 67.7 Å². The Bertz CT molecular complexity index is 1600. The number of likely N-dealkylation sites (tertiary alicyclic amines) is 1. The third-order valence-corrected chi connectivity index (χ3v) is 9.48. The molecule has 11 nitrogen and oxygen atoms in total. The van der Waals surface area contributed by atoms with E-state index in [4.69, 9.17) is 27.9 Å². The number of ether oxygens (including phenoxy) is 1. The number of benzene rings is 2. The lowest BCUT2D eigenvalue weighted by Crippen LogP contribution is -2.45. The van der Waals surface area contributed by atoms with E-state index in [0.717, 1.165) is 50.0 Å². The van der Waals surface area contributed by atoms with Gasteiger partial charge >= 0.3 is 0 Å². The van der Waals surface area contributed by atoms with E-state index in [-0.39, 0.29) is 16.8 Å². The summed E-state index contributed by atoms with van der Waals surface area (Å²) in [5.74, 6) is 1.07. The maximum Gasteiger partial charge on any atom is 0.229 e. The zero-order valence-electron chi connectivity index (χ0n) is 25.7. The number of sulfonamides is 1. The molecule has 1 atom stereocenters. The van der Waals surface area contributed by atoms with Crippen molar-refractivity contribution in [3.8, 4) is 5.75 Å². The SMILES string of the molecule is COc1ccc(NS(C)(=O)=O)c(Nc2nc(Nc3cc(C)c(N4CCC(N5CCC(N(C)C)C5)CC4)cc3Cl)ncc2Cl)c1. The van der Waals surface area contributed by atoms with Crippen LogP contribution in [0.15, 0.2) is 36.5 Å². The molecule has 238 valence electrons. The lowest BCUT2D eigenvalue weighted by Gasteiger charge is -2.38. The Labute approximate surface area is 269 Å². The number of aryl methyl sites for hydroxylation is 1. The molecule has 2 aliphatic rings. The summed E-state index contributed by atoms with van der Waals surface area (Å²) in [4.78, 5) is 16.3. The lowest BCUT2D eigenvalue weighted by atomic mass is 10.0. The summed E-state index contributed by atoms with van der Waals surface area (Å²) in [6.45, 7) is 6.41. The lowest BCUT2D eigenvalue weighted by molar-refractivity contribution is 0.189. The molecule has 5 rings (SSSR count). The Morgan fingerprint density at radius 1 is 0.977 bits per heavy atom. The highest BCUT2D eigenvalue weighted by Crippen LogP contribution is 2.36. The fraction of sp³-hybridized carbons (Fsp3) is 0.467. The summed E-state index contributed by atoms with van der Waals surface area (Å²) in [6, 6.07) is 10.2. The molecule has 0 bridgehead atoms. The molecule has 1 aromatic heterocycles. The maximum atomic E-state index is 11.9. The van der Waals surface area contributed by atoms with Crippen LogP contribution in [0, 0.1) is 6.92 Å².